The molecule has 1 aromatic heterocycles. The van der Waals surface area contributed by atoms with Gasteiger partial charge in [0.15, 0.2) is 0 Å². The van der Waals surface area contributed by atoms with Crippen molar-refractivity contribution >= 4 is 22.9 Å². The van der Waals surface area contributed by atoms with Gasteiger partial charge in [-0.3, -0.25) is 9.69 Å². The molecule has 0 aliphatic carbocycles. The lowest BCUT2D eigenvalue weighted by Crippen LogP contribution is -2.47. The Labute approximate surface area is 167 Å². The van der Waals surface area contributed by atoms with Gasteiger partial charge in [-0.15, -0.1) is 0 Å². The standard InChI is InChI=1S/C21H32N6O/c1-2-8-24-11-14-26(15-12-24)21-23-19-17(20(22)28)6-5-7-18(19)27(21)16-13-25-9-3-4-10-25/h5-7H,2-4,8-16H2,1H3,(H2,22,28). The molecule has 0 atom stereocenters. The number of nitrogens with two attached hydrogens (primary N) is 1. The van der Waals surface area contributed by atoms with E-state index in [0.717, 1.165) is 62.8 Å². The first kappa shape index (κ1) is 19.2. The third-order valence-corrected chi connectivity index (χ3v) is 6.06. The van der Waals surface area contributed by atoms with Crippen LogP contribution in [-0.4, -0.2) is 77.6 Å². The molecular formula is C21H32N6O. The van der Waals surface area contributed by atoms with E-state index in [1.807, 2.05) is 6.07 Å². The molecule has 2 aliphatic heterocycles. The molecular weight excluding hydrogens is 352 g/mol. The van der Waals surface area contributed by atoms with Gasteiger partial charge in [0.2, 0.25) is 5.95 Å². The number of para-hydroxylation sites is 1. The fourth-order valence-corrected chi connectivity index (χ4v) is 4.53. The summed E-state index contributed by atoms with van der Waals surface area (Å²) in [4.78, 5) is 24.3. The lowest BCUT2D eigenvalue weighted by atomic mass is 10.2. The molecule has 0 saturated carbocycles. The molecule has 1 aromatic carbocycles. The molecule has 0 unspecified atom stereocenters. The molecule has 7 heteroatoms. The Bertz CT molecular complexity index is 818. The number of hydrogen-bond acceptors (Lipinski definition) is 5. The monoisotopic (exact) mass is 384 g/mol. The number of carbonyl (C=O) groups is 1. The summed E-state index contributed by atoms with van der Waals surface area (Å²) in [6, 6.07) is 5.76. The average molecular weight is 385 g/mol. The summed E-state index contributed by atoms with van der Waals surface area (Å²) in [6.45, 7) is 11.7. The minimum absolute atomic E-state index is 0.408. The number of carbonyl (C=O) groups excluding carboxylic acids is 1. The van der Waals surface area contributed by atoms with Crippen molar-refractivity contribution in [1.29, 1.82) is 0 Å². The molecule has 2 aliphatic rings. The van der Waals surface area contributed by atoms with E-state index in [0.29, 0.717) is 5.56 Å². The van der Waals surface area contributed by atoms with E-state index in [1.54, 1.807) is 6.07 Å². The molecule has 2 N–H and O–H groups in total. The van der Waals surface area contributed by atoms with Crippen LogP contribution in [0.5, 0.6) is 0 Å². The van der Waals surface area contributed by atoms with Gasteiger partial charge in [-0.2, -0.15) is 0 Å². The van der Waals surface area contributed by atoms with E-state index < -0.39 is 5.91 Å². The highest BCUT2D eigenvalue weighted by Crippen LogP contribution is 2.26. The largest absolute Gasteiger partial charge is 0.366 e. The quantitative estimate of drug-likeness (QED) is 0.788. The molecule has 152 valence electrons. The zero-order valence-corrected chi connectivity index (χ0v) is 16.9. The van der Waals surface area contributed by atoms with Crippen molar-refractivity contribution in [3.8, 4) is 0 Å². The Hall–Kier alpha value is -2.12. The lowest BCUT2D eigenvalue weighted by Gasteiger charge is -2.35. The Balaban J connectivity index is 1.64. The average Bonchev–Trinajstić information content (AvgIpc) is 3.34. The van der Waals surface area contributed by atoms with Gasteiger partial charge in [0, 0.05) is 39.3 Å². The zero-order chi connectivity index (χ0) is 19.5. The summed E-state index contributed by atoms with van der Waals surface area (Å²) in [5.74, 6) is 0.577. The van der Waals surface area contributed by atoms with Crippen LogP contribution in [0.25, 0.3) is 11.0 Å². The van der Waals surface area contributed by atoms with Crippen LogP contribution in [0.4, 0.5) is 5.95 Å². The van der Waals surface area contributed by atoms with Gasteiger partial charge in [0.25, 0.3) is 5.91 Å². The van der Waals surface area contributed by atoms with E-state index in [1.165, 1.54) is 32.4 Å². The van der Waals surface area contributed by atoms with Crippen molar-refractivity contribution < 1.29 is 4.79 Å². The van der Waals surface area contributed by atoms with Crippen molar-refractivity contribution in [2.75, 3.05) is 57.3 Å². The molecule has 2 saturated heterocycles. The first-order valence-electron chi connectivity index (χ1n) is 10.7. The first-order valence-corrected chi connectivity index (χ1v) is 10.7. The number of fused-ring (bicyclic) bond motifs is 1. The highest BCUT2D eigenvalue weighted by atomic mass is 16.1. The van der Waals surface area contributed by atoms with Gasteiger partial charge in [-0.1, -0.05) is 13.0 Å². The maximum absolute atomic E-state index is 11.9. The topological polar surface area (TPSA) is 70.6 Å². The molecule has 0 radical (unpaired) electrons. The predicted molar refractivity (Wildman–Crippen MR) is 113 cm³/mol. The summed E-state index contributed by atoms with van der Waals surface area (Å²) in [5.41, 5.74) is 7.90. The van der Waals surface area contributed by atoms with E-state index in [2.05, 4.69) is 32.3 Å². The van der Waals surface area contributed by atoms with Crippen LogP contribution < -0.4 is 10.6 Å². The van der Waals surface area contributed by atoms with Crippen molar-refractivity contribution in [2.45, 2.75) is 32.7 Å². The molecule has 1 amide bonds. The second-order valence-electron chi connectivity index (χ2n) is 7.98. The minimum atomic E-state index is -0.408. The molecule has 3 heterocycles. The Morgan fingerprint density at radius 3 is 2.39 bits per heavy atom. The second-order valence-corrected chi connectivity index (χ2v) is 7.98. The smallest absolute Gasteiger partial charge is 0.250 e. The van der Waals surface area contributed by atoms with Crippen LogP contribution >= 0.6 is 0 Å². The van der Waals surface area contributed by atoms with Gasteiger partial charge in [0.05, 0.1) is 11.1 Å². The van der Waals surface area contributed by atoms with Gasteiger partial charge in [0.1, 0.15) is 5.52 Å². The van der Waals surface area contributed by atoms with Crippen LogP contribution in [0.15, 0.2) is 18.2 Å². The summed E-state index contributed by atoms with van der Waals surface area (Å²) >= 11 is 0. The van der Waals surface area contributed by atoms with Crippen LogP contribution in [0.3, 0.4) is 0 Å². The van der Waals surface area contributed by atoms with E-state index in [9.17, 15) is 4.79 Å². The number of hydrogen-bond donors (Lipinski definition) is 1. The maximum atomic E-state index is 11.9. The van der Waals surface area contributed by atoms with Crippen molar-refractivity contribution in [1.82, 2.24) is 19.4 Å². The number of piperazine rings is 1. The fourth-order valence-electron chi connectivity index (χ4n) is 4.53. The van der Waals surface area contributed by atoms with Crippen LogP contribution in [0.2, 0.25) is 0 Å². The predicted octanol–water partition coefficient (Wildman–Crippen LogP) is 1.76. The van der Waals surface area contributed by atoms with Gasteiger partial charge >= 0.3 is 0 Å². The summed E-state index contributed by atoms with van der Waals surface area (Å²) in [6.07, 6.45) is 3.78. The fraction of sp³-hybridized carbons (Fsp3) is 0.619. The Kier molecular flexibility index (Phi) is 5.82. The number of rotatable bonds is 7. The molecule has 28 heavy (non-hydrogen) atoms. The SMILES string of the molecule is CCCN1CCN(c2nc3c(C(N)=O)cccc3n2CCN2CCCC2)CC1. The summed E-state index contributed by atoms with van der Waals surface area (Å²) in [5, 5.41) is 0. The molecule has 7 nitrogen and oxygen atoms in total. The van der Waals surface area contributed by atoms with Crippen LogP contribution in [-0.2, 0) is 6.54 Å². The van der Waals surface area contributed by atoms with Gasteiger partial charge in [-0.25, -0.2) is 4.98 Å². The molecule has 0 bridgehead atoms. The van der Waals surface area contributed by atoms with E-state index in [-0.39, 0.29) is 0 Å². The van der Waals surface area contributed by atoms with E-state index >= 15 is 0 Å². The third kappa shape index (κ3) is 3.86. The second kappa shape index (κ2) is 8.49. The lowest BCUT2D eigenvalue weighted by molar-refractivity contribution is 0.100. The summed E-state index contributed by atoms with van der Waals surface area (Å²) in [7, 11) is 0. The minimum Gasteiger partial charge on any atom is -0.366 e. The number of anilines is 1. The number of likely N-dealkylation sites (tertiary alicyclic amines) is 1. The Morgan fingerprint density at radius 2 is 1.71 bits per heavy atom. The Morgan fingerprint density at radius 1 is 1.00 bits per heavy atom. The maximum Gasteiger partial charge on any atom is 0.250 e. The van der Waals surface area contributed by atoms with Gasteiger partial charge < -0.3 is 20.1 Å². The number of imidazole rings is 1. The van der Waals surface area contributed by atoms with Crippen molar-refractivity contribution in [2.24, 2.45) is 5.73 Å². The summed E-state index contributed by atoms with van der Waals surface area (Å²) < 4.78 is 2.30. The van der Waals surface area contributed by atoms with E-state index in [4.69, 9.17) is 10.7 Å². The van der Waals surface area contributed by atoms with Crippen LogP contribution in [0, 0.1) is 0 Å². The number of amides is 1. The van der Waals surface area contributed by atoms with Gasteiger partial charge in [-0.05, 0) is 51.0 Å². The molecule has 4 rings (SSSR count). The highest BCUT2D eigenvalue weighted by molar-refractivity contribution is 6.04. The van der Waals surface area contributed by atoms with Crippen LogP contribution in [0.1, 0.15) is 36.5 Å². The molecule has 2 fully saturated rings. The third-order valence-electron chi connectivity index (χ3n) is 6.06. The zero-order valence-electron chi connectivity index (χ0n) is 16.9. The number of aromatic nitrogens is 2. The highest BCUT2D eigenvalue weighted by Gasteiger charge is 2.24. The molecule has 0 spiro atoms. The van der Waals surface area contributed by atoms with Crippen molar-refractivity contribution in [3.05, 3.63) is 23.8 Å². The normalized spacial score (nSPS) is 19.0. The van der Waals surface area contributed by atoms with Crippen molar-refractivity contribution in [3.63, 3.8) is 0 Å². The number of benzene rings is 1. The molecule has 2 aromatic rings. The number of primary amides is 1. The number of nitrogens with zero attached hydrogens (tertiary/aromatic N) is 5. The first-order chi connectivity index (χ1) is 13.7.